The molecule has 6 rings (SSSR count). The Morgan fingerprint density at radius 2 is 1.66 bits per heavy atom. The molecule has 2 aromatic heterocycles. The third-order valence-electron chi connectivity index (χ3n) is 6.03. The van der Waals surface area contributed by atoms with Crippen LogP contribution in [0.3, 0.4) is 0 Å². The summed E-state index contributed by atoms with van der Waals surface area (Å²) in [6.07, 6.45) is 3.40. The highest BCUT2D eigenvalue weighted by Gasteiger charge is 2.33. The van der Waals surface area contributed by atoms with Gasteiger partial charge < -0.3 is 9.15 Å². The van der Waals surface area contributed by atoms with Crippen molar-refractivity contribution in [1.29, 1.82) is 0 Å². The molecule has 5 heteroatoms. The number of fused-ring (bicyclic) bond motifs is 4. The van der Waals surface area contributed by atoms with Gasteiger partial charge in [0.25, 0.3) is 0 Å². The maximum absolute atomic E-state index is 13.4. The summed E-state index contributed by atoms with van der Waals surface area (Å²) in [5, 5.41) is 1.42. The Bertz CT molecular complexity index is 1560. The van der Waals surface area contributed by atoms with Crippen molar-refractivity contribution in [3.05, 3.63) is 107 Å². The fourth-order valence-electron chi connectivity index (χ4n) is 4.56. The van der Waals surface area contributed by atoms with Gasteiger partial charge in [-0.05, 0) is 35.4 Å². The first-order valence-electron chi connectivity index (χ1n) is 10.4. The Morgan fingerprint density at radius 3 is 2.53 bits per heavy atom. The van der Waals surface area contributed by atoms with Crippen molar-refractivity contribution in [2.75, 3.05) is 0 Å². The molecule has 5 nitrogen and oxygen atoms in total. The normalized spacial score (nSPS) is 15.5. The summed E-state index contributed by atoms with van der Waals surface area (Å²) in [7, 11) is 0. The largest absolute Gasteiger partial charge is 0.463 e. The molecule has 0 amide bonds. The number of rotatable bonds is 2. The first-order chi connectivity index (χ1) is 15.7. The van der Waals surface area contributed by atoms with E-state index < -0.39 is 0 Å². The van der Waals surface area contributed by atoms with Gasteiger partial charge in [0, 0.05) is 23.1 Å². The predicted octanol–water partition coefficient (Wildman–Crippen LogP) is 5.45. The van der Waals surface area contributed by atoms with Crippen molar-refractivity contribution < 1.29 is 13.9 Å². The molecular weight excluding hydrogens is 402 g/mol. The van der Waals surface area contributed by atoms with Crippen molar-refractivity contribution in [1.82, 2.24) is 4.98 Å². The van der Waals surface area contributed by atoms with Crippen LogP contribution in [0, 0.1) is 0 Å². The third kappa shape index (κ3) is 2.82. The van der Waals surface area contributed by atoms with Gasteiger partial charge in [-0.25, -0.2) is 0 Å². The van der Waals surface area contributed by atoms with Crippen LogP contribution in [0.15, 0.2) is 94.5 Å². The molecule has 0 unspecified atom stereocenters. The average Bonchev–Trinajstić information content (AvgIpc) is 2.83. The van der Waals surface area contributed by atoms with Gasteiger partial charge >= 0.3 is 5.97 Å². The first kappa shape index (κ1) is 18.5. The molecule has 0 aliphatic carbocycles. The van der Waals surface area contributed by atoms with Crippen LogP contribution in [0.2, 0.25) is 0 Å². The van der Waals surface area contributed by atoms with Crippen LogP contribution in [-0.2, 0) is 4.79 Å². The topological polar surface area (TPSA) is 69.4 Å². The van der Waals surface area contributed by atoms with Gasteiger partial charge in [0.1, 0.15) is 17.6 Å². The van der Waals surface area contributed by atoms with E-state index in [-0.39, 0.29) is 23.7 Å². The summed E-state index contributed by atoms with van der Waals surface area (Å²) >= 11 is 0. The summed E-state index contributed by atoms with van der Waals surface area (Å²) in [6.45, 7) is 0. The predicted molar refractivity (Wildman–Crippen MR) is 122 cm³/mol. The zero-order valence-corrected chi connectivity index (χ0v) is 16.9. The Kier molecular flexibility index (Phi) is 4.15. The van der Waals surface area contributed by atoms with E-state index in [2.05, 4.69) is 4.98 Å². The number of carbonyl (C=O) groups excluding carboxylic acids is 1. The number of benzene rings is 3. The number of pyridine rings is 1. The molecule has 0 saturated heterocycles. The molecule has 0 N–H and O–H groups in total. The van der Waals surface area contributed by atoms with Crippen LogP contribution in [0.1, 0.15) is 23.5 Å². The number of aromatic nitrogens is 1. The maximum atomic E-state index is 13.4. The minimum atomic E-state index is -0.314. The van der Waals surface area contributed by atoms with E-state index in [1.807, 2.05) is 60.7 Å². The fraction of sp³-hybridized carbons (Fsp3) is 0.0741. The van der Waals surface area contributed by atoms with E-state index in [0.717, 1.165) is 27.6 Å². The molecule has 0 radical (unpaired) electrons. The molecule has 154 valence electrons. The van der Waals surface area contributed by atoms with Gasteiger partial charge in [0.15, 0.2) is 0 Å². The number of esters is 1. The lowest BCUT2D eigenvalue weighted by molar-refractivity contribution is -0.135. The molecule has 3 heterocycles. The minimum Gasteiger partial charge on any atom is -0.463 e. The quantitative estimate of drug-likeness (QED) is 0.281. The summed E-state index contributed by atoms with van der Waals surface area (Å²) in [4.78, 5) is 30.3. The van der Waals surface area contributed by atoms with E-state index in [1.165, 1.54) is 6.26 Å². The second-order valence-corrected chi connectivity index (χ2v) is 7.85. The standard InChI is InChI=1S/C27H17NO4/c29-24-14-20(17-12-13-28-22-9-5-4-8-18(17)22)25-23(32-24)11-10-19-26(30)21(15-31-27(19)25)16-6-2-1-3-7-16/h1-13,15,20H,14H2/t20-/m0/s1. The van der Waals surface area contributed by atoms with E-state index in [1.54, 1.807) is 18.3 Å². The molecule has 32 heavy (non-hydrogen) atoms. The molecule has 0 fully saturated rings. The number of nitrogens with zero attached hydrogens (tertiary/aromatic N) is 1. The van der Waals surface area contributed by atoms with Crippen molar-refractivity contribution in [2.24, 2.45) is 0 Å². The Morgan fingerprint density at radius 1 is 0.844 bits per heavy atom. The Balaban J connectivity index is 1.62. The summed E-state index contributed by atoms with van der Waals surface area (Å²) in [5.74, 6) is -0.199. The SMILES string of the molecule is O=C1C[C@@H](c2ccnc3ccccc23)c2c(ccc3c(=O)c(-c4ccccc4)coc23)O1. The molecule has 1 aliphatic heterocycles. The molecule has 0 bridgehead atoms. The third-order valence-corrected chi connectivity index (χ3v) is 6.03. The summed E-state index contributed by atoms with van der Waals surface area (Å²) in [6, 6.07) is 22.5. The fourth-order valence-corrected chi connectivity index (χ4v) is 4.56. The van der Waals surface area contributed by atoms with Crippen LogP contribution in [-0.4, -0.2) is 11.0 Å². The Hall–Kier alpha value is -4.25. The molecule has 5 aromatic rings. The smallest absolute Gasteiger partial charge is 0.312 e. The molecule has 0 saturated carbocycles. The van der Waals surface area contributed by atoms with Crippen molar-refractivity contribution in [3.8, 4) is 16.9 Å². The van der Waals surface area contributed by atoms with Crippen molar-refractivity contribution in [3.63, 3.8) is 0 Å². The van der Waals surface area contributed by atoms with E-state index >= 15 is 0 Å². The van der Waals surface area contributed by atoms with Gasteiger partial charge in [0.2, 0.25) is 5.43 Å². The molecule has 1 aliphatic rings. The monoisotopic (exact) mass is 419 g/mol. The van der Waals surface area contributed by atoms with E-state index in [0.29, 0.717) is 22.3 Å². The Labute approximate surface area is 182 Å². The first-order valence-corrected chi connectivity index (χ1v) is 10.4. The summed E-state index contributed by atoms with van der Waals surface area (Å²) < 4.78 is 11.6. The second kappa shape index (κ2) is 7.17. The van der Waals surface area contributed by atoms with Crippen LogP contribution in [0.4, 0.5) is 0 Å². The van der Waals surface area contributed by atoms with Crippen LogP contribution >= 0.6 is 0 Å². The van der Waals surface area contributed by atoms with Crippen LogP contribution in [0.25, 0.3) is 33.0 Å². The lowest BCUT2D eigenvalue weighted by atomic mass is 9.83. The zero-order valence-electron chi connectivity index (χ0n) is 16.9. The van der Waals surface area contributed by atoms with Crippen molar-refractivity contribution in [2.45, 2.75) is 12.3 Å². The van der Waals surface area contributed by atoms with Crippen molar-refractivity contribution >= 4 is 27.8 Å². The van der Waals surface area contributed by atoms with Gasteiger partial charge in [-0.3, -0.25) is 14.6 Å². The van der Waals surface area contributed by atoms with Crippen LogP contribution in [0.5, 0.6) is 5.75 Å². The number of hydrogen-bond donors (Lipinski definition) is 0. The molecule has 3 aromatic carbocycles. The average molecular weight is 419 g/mol. The molecule has 0 spiro atoms. The number of para-hydroxylation sites is 1. The molecule has 1 atom stereocenters. The second-order valence-electron chi connectivity index (χ2n) is 7.85. The van der Waals surface area contributed by atoms with Crippen LogP contribution < -0.4 is 10.2 Å². The highest BCUT2D eigenvalue weighted by atomic mass is 16.5. The zero-order chi connectivity index (χ0) is 21.7. The van der Waals surface area contributed by atoms with Gasteiger partial charge in [-0.2, -0.15) is 0 Å². The molecular formula is C27H17NO4. The van der Waals surface area contributed by atoms with E-state index in [9.17, 15) is 9.59 Å². The lowest BCUT2D eigenvalue weighted by Crippen LogP contribution is -2.22. The van der Waals surface area contributed by atoms with Gasteiger partial charge in [0.05, 0.1) is 22.9 Å². The van der Waals surface area contributed by atoms with Gasteiger partial charge in [-0.15, -0.1) is 0 Å². The highest BCUT2D eigenvalue weighted by Crippen LogP contribution is 2.44. The number of ether oxygens (including phenoxy) is 1. The maximum Gasteiger partial charge on any atom is 0.312 e. The summed E-state index contributed by atoms with van der Waals surface area (Å²) in [5.41, 5.74) is 4.14. The minimum absolute atomic E-state index is 0.115. The number of hydrogen-bond acceptors (Lipinski definition) is 5. The lowest BCUT2D eigenvalue weighted by Gasteiger charge is -2.26. The highest BCUT2D eigenvalue weighted by molar-refractivity contribution is 5.92. The van der Waals surface area contributed by atoms with E-state index in [4.69, 9.17) is 9.15 Å². The number of carbonyl (C=O) groups is 1. The van der Waals surface area contributed by atoms with Gasteiger partial charge in [-0.1, -0.05) is 48.5 Å².